The van der Waals surface area contributed by atoms with Gasteiger partial charge in [0.1, 0.15) is 0 Å². The minimum atomic E-state index is -1.41. The number of ketones is 1. The molecule has 8 nitrogen and oxygen atoms in total. The zero-order valence-electron chi connectivity index (χ0n) is 19.2. The molecule has 0 spiro atoms. The summed E-state index contributed by atoms with van der Waals surface area (Å²) >= 11 is 0. The number of allylic oxidation sites excluding steroid dienone is 4. The van der Waals surface area contributed by atoms with E-state index in [9.17, 15) is 29.4 Å². The van der Waals surface area contributed by atoms with Crippen molar-refractivity contribution in [3.05, 3.63) is 88.7 Å². The molecule has 0 radical (unpaired) electrons. The quantitative estimate of drug-likeness (QED) is 0.415. The van der Waals surface area contributed by atoms with Crippen molar-refractivity contribution >= 4 is 34.8 Å². The van der Waals surface area contributed by atoms with Gasteiger partial charge in [-0.3, -0.25) is 14.4 Å². The zero-order chi connectivity index (χ0) is 23.4. The summed E-state index contributed by atoms with van der Waals surface area (Å²) in [4.78, 5) is 47.0. The molecule has 0 unspecified atom stereocenters. The Morgan fingerprint density at radius 2 is 1.47 bits per heavy atom. The molecule has 0 bridgehead atoms. The average Bonchev–Trinajstić information content (AvgIpc) is 2.72. The summed E-state index contributed by atoms with van der Waals surface area (Å²) in [6, 6.07) is 10.3. The van der Waals surface area contributed by atoms with Crippen LogP contribution in [0.25, 0.3) is 5.57 Å². The molecule has 2 amide bonds. The van der Waals surface area contributed by atoms with Crippen LogP contribution in [0, 0.1) is 0 Å². The Balaban J connectivity index is 0.00000289. The fourth-order valence-corrected chi connectivity index (χ4v) is 3.30. The summed E-state index contributed by atoms with van der Waals surface area (Å²) in [5.74, 6) is -3.15. The van der Waals surface area contributed by atoms with Crippen LogP contribution in [0.1, 0.15) is 35.3 Å². The third-order valence-electron chi connectivity index (χ3n) is 4.57. The molecule has 2 N–H and O–H groups in total. The van der Waals surface area contributed by atoms with Gasteiger partial charge in [-0.1, -0.05) is 48.2 Å². The van der Waals surface area contributed by atoms with Crippen molar-refractivity contribution in [3.8, 4) is 5.75 Å². The molecule has 0 saturated heterocycles. The van der Waals surface area contributed by atoms with E-state index in [1.165, 1.54) is 56.3 Å². The number of carboxylic acids is 1. The van der Waals surface area contributed by atoms with Crippen molar-refractivity contribution in [3.63, 3.8) is 0 Å². The second-order valence-electron chi connectivity index (χ2n) is 6.99. The summed E-state index contributed by atoms with van der Waals surface area (Å²) in [5.41, 5.74) is 1.38. The van der Waals surface area contributed by atoms with Crippen LogP contribution in [-0.2, 0) is 14.4 Å². The molecule has 10 heteroatoms. The fourth-order valence-electron chi connectivity index (χ4n) is 3.30. The first-order chi connectivity index (χ1) is 15.2. The molecule has 0 atom stereocenters. The summed E-state index contributed by atoms with van der Waals surface area (Å²) in [6.45, 7) is 2.52. The third-order valence-corrected chi connectivity index (χ3v) is 4.57. The summed E-state index contributed by atoms with van der Waals surface area (Å²) in [6.07, 6.45) is 4.16. The molecule has 3 rings (SSSR count). The Kier molecular flexibility index (Phi) is 11.2. The van der Waals surface area contributed by atoms with Crippen molar-refractivity contribution in [1.29, 1.82) is 0 Å². The van der Waals surface area contributed by atoms with Crippen molar-refractivity contribution in [2.75, 3.05) is 5.32 Å². The molecule has 1 aliphatic rings. The number of carbonyl (C=O) groups is 4. The number of anilines is 1. The molecular formula is C24H18N2Na2O6. The number of benzene rings is 2. The SMILES string of the molecule is CC(=O)NC1=C/C(=C(/c2ccc([O-])c(NC(C)=O)c2)c2ccccc2C(=O)[O-])C=CC1=O.[Na+].[Na+]. The van der Waals surface area contributed by atoms with Crippen molar-refractivity contribution in [1.82, 2.24) is 5.32 Å². The van der Waals surface area contributed by atoms with Gasteiger partial charge in [-0.15, -0.1) is 0 Å². The van der Waals surface area contributed by atoms with Crippen molar-refractivity contribution in [2.24, 2.45) is 0 Å². The Labute approximate surface area is 240 Å². The summed E-state index contributed by atoms with van der Waals surface area (Å²) in [7, 11) is 0. The minimum Gasteiger partial charge on any atom is -0.871 e. The molecule has 0 saturated carbocycles. The van der Waals surface area contributed by atoms with Gasteiger partial charge < -0.3 is 25.6 Å². The predicted molar refractivity (Wildman–Crippen MR) is 113 cm³/mol. The smallest absolute Gasteiger partial charge is 0.871 e. The van der Waals surface area contributed by atoms with Crippen molar-refractivity contribution < 1.29 is 88.5 Å². The second-order valence-corrected chi connectivity index (χ2v) is 6.99. The molecule has 0 heterocycles. The number of aromatic carboxylic acids is 1. The zero-order valence-corrected chi connectivity index (χ0v) is 23.2. The number of carboxylic acid groups (broad SMARTS) is 1. The van der Waals surface area contributed by atoms with E-state index in [-0.39, 0.29) is 81.6 Å². The number of hydrogen-bond donors (Lipinski definition) is 2. The van der Waals surface area contributed by atoms with Gasteiger partial charge in [0.25, 0.3) is 0 Å². The molecular weight excluding hydrogens is 458 g/mol. The molecule has 162 valence electrons. The number of rotatable bonds is 5. The Hall–Kier alpha value is -2.46. The molecule has 0 aromatic heterocycles. The monoisotopic (exact) mass is 476 g/mol. The van der Waals surface area contributed by atoms with Crippen LogP contribution in [0.3, 0.4) is 0 Å². The minimum absolute atomic E-state index is 0. The third kappa shape index (κ3) is 7.02. The maximum Gasteiger partial charge on any atom is 1.00 e. The van der Waals surface area contributed by atoms with Gasteiger partial charge in [-0.2, -0.15) is 0 Å². The molecule has 0 aliphatic heterocycles. The first-order valence-electron chi connectivity index (χ1n) is 9.53. The van der Waals surface area contributed by atoms with Crippen LogP contribution in [0.5, 0.6) is 5.75 Å². The van der Waals surface area contributed by atoms with Gasteiger partial charge in [0, 0.05) is 25.1 Å². The van der Waals surface area contributed by atoms with E-state index in [2.05, 4.69) is 10.6 Å². The van der Waals surface area contributed by atoms with E-state index in [0.29, 0.717) is 16.7 Å². The first kappa shape index (κ1) is 29.6. The van der Waals surface area contributed by atoms with E-state index in [1.807, 2.05) is 0 Å². The molecule has 1 aliphatic carbocycles. The van der Waals surface area contributed by atoms with Gasteiger partial charge in [-0.05, 0) is 40.5 Å². The topological polar surface area (TPSA) is 138 Å². The van der Waals surface area contributed by atoms with Gasteiger partial charge in [0.05, 0.1) is 11.7 Å². The van der Waals surface area contributed by atoms with Gasteiger partial charge in [-0.25, -0.2) is 0 Å². The second kappa shape index (κ2) is 12.9. The van der Waals surface area contributed by atoms with Crippen LogP contribution in [0.15, 0.2) is 72.0 Å². The Morgan fingerprint density at radius 3 is 2.06 bits per heavy atom. The maximum absolute atomic E-state index is 12.2. The van der Waals surface area contributed by atoms with Gasteiger partial charge in [0.2, 0.25) is 17.6 Å². The molecule has 2 aromatic carbocycles. The number of nitrogens with one attached hydrogen (secondary N) is 2. The Bertz CT molecular complexity index is 1250. The van der Waals surface area contributed by atoms with Gasteiger partial charge >= 0.3 is 59.1 Å². The number of hydrogen-bond acceptors (Lipinski definition) is 6. The molecule has 2 aromatic rings. The fraction of sp³-hybridized carbons (Fsp3) is 0.0833. The van der Waals surface area contributed by atoms with Crippen LogP contribution >= 0.6 is 0 Å². The van der Waals surface area contributed by atoms with Crippen LogP contribution in [0.4, 0.5) is 5.69 Å². The van der Waals surface area contributed by atoms with Crippen LogP contribution in [0.2, 0.25) is 0 Å². The van der Waals surface area contributed by atoms with E-state index in [4.69, 9.17) is 0 Å². The summed E-state index contributed by atoms with van der Waals surface area (Å²) in [5, 5.41) is 28.9. The van der Waals surface area contributed by atoms with Crippen LogP contribution < -0.4 is 80.0 Å². The number of carbonyl (C=O) groups excluding carboxylic acids is 4. The van der Waals surface area contributed by atoms with E-state index in [1.54, 1.807) is 18.2 Å². The largest absolute Gasteiger partial charge is 1.00 e. The summed E-state index contributed by atoms with van der Waals surface area (Å²) < 4.78 is 0. The average molecular weight is 476 g/mol. The van der Waals surface area contributed by atoms with Gasteiger partial charge in [0.15, 0.2) is 0 Å². The van der Waals surface area contributed by atoms with E-state index < -0.39 is 29.3 Å². The maximum atomic E-state index is 12.2. The normalized spacial score (nSPS) is 13.6. The Morgan fingerprint density at radius 1 is 0.853 bits per heavy atom. The molecule has 34 heavy (non-hydrogen) atoms. The van der Waals surface area contributed by atoms with E-state index >= 15 is 0 Å². The number of amides is 2. The predicted octanol–water partition coefficient (Wildman–Crippen LogP) is -4.95. The van der Waals surface area contributed by atoms with Crippen molar-refractivity contribution in [2.45, 2.75) is 13.8 Å². The van der Waals surface area contributed by atoms with E-state index in [0.717, 1.165) is 0 Å². The standard InChI is InChI=1S/C24H20N2O6.2Na/c1-13(27)25-19-11-15(7-9-21(19)29)23(17-5-3-4-6-18(17)24(31)32)16-8-10-22(30)20(12-16)26-14(2)28;;/h3-12,29H,1-2H3,(H,25,27)(H,26,28)(H,31,32);;/q;2*+1/p-2/b23-16-;;. The first-order valence-corrected chi connectivity index (χ1v) is 9.53. The van der Waals surface area contributed by atoms with Crippen LogP contribution in [-0.4, -0.2) is 23.6 Å². The molecule has 0 fully saturated rings.